The molecule has 0 spiro atoms. The summed E-state index contributed by atoms with van der Waals surface area (Å²) in [5.41, 5.74) is 1.84. The van der Waals surface area contributed by atoms with Crippen LogP contribution in [0.25, 0.3) is 10.8 Å². The fourth-order valence-corrected chi connectivity index (χ4v) is 4.94. The molecule has 2 saturated heterocycles. The molecule has 2 fully saturated rings. The van der Waals surface area contributed by atoms with Gasteiger partial charge in [-0.15, -0.1) is 0 Å². The van der Waals surface area contributed by atoms with Gasteiger partial charge in [-0.1, -0.05) is 30.3 Å². The molecule has 33 heavy (non-hydrogen) atoms. The maximum Gasteiger partial charge on any atom is 0.274 e. The molecule has 7 heteroatoms. The summed E-state index contributed by atoms with van der Waals surface area (Å²) >= 11 is 0. The van der Waals surface area contributed by atoms with Crippen LogP contribution in [0, 0.1) is 5.82 Å². The molecule has 0 atom stereocenters. The van der Waals surface area contributed by atoms with Crippen LogP contribution in [-0.2, 0) is 11.2 Å². The minimum Gasteiger partial charge on any atom is -0.379 e. The van der Waals surface area contributed by atoms with Crippen LogP contribution in [0.1, 0.15) is 30.1 Å². The first-order valence-corrected chi connectivity index (χ1v) is 11.9. The lowest BCUT2D eigenvalue weighted by Crippen LogP contribution is -2.44. The molecule has 0 bridgehead atoms. The Hall–Kier alpha value is -2.61. The fourth-order valence-electron chi connectivity index (χ4n) is 4.94. The number of aromatic nitrogens is 2. The lowest BCUT2D eigenvalue weighted by atomic mass is 10.0. The molecule has 2 aromatic carbocycles. The maximum absolute atomic E-state index is 13.4. The molecule has 3 aromatic rings. The van der Waals surface area contributed by atoms with Crippen molar-refractivity contribution in [3.05, 3.63) is 76.0 Å². The standard InChI is InChI=1S/C26H31FN4O2/c27-21-7-5-20(6-8-21)19-25-23-3-1-2-4-24(23)26(32)31(28-25)22-9-11-29(12-10-22)13-14-30-15-17-33-18-16-30/h1-8,22H,9-19H2. The van der Waals surface area contributed by atoms with E-state index in [0.717, 1.165) is 82.0 Å². The summed E-state index contributed by atoms with van der Waals surface area (Å²) in [6, 6.07) is 14.3. The zero-order valence-electron chi connectivity index (χ0n) is 19.0. The van der Waals surface area contributed by atoms with Crippen LogP contribution in [0.15, 0.2) is 53.3 Å². The zero-order valence-corrected chi connectivity index (χ0v) is 19.0. The second kappa shape index (κ2) is 10.1. The highest BCUT2D eigenvalue weighted by Gasteiger charge is 2.24. The second-order valence-corrected chi connectivity index (χ2v) is 9.07. The van der Waals surface area contributed by atoms with Gasteiger partial charge in [-0.05, 0) is 36.6 Å². The van der Waals surface area contributed by atoms with Crippen LogP contribution in [0.2, 0.25) is 0 Å². The summed E-state index contributed by atoms with van der Waals surface area (Å²) in [5.74, 6) is -0.248. The number of nitrogens with zero attached hydrogens (tertiary/aromatic N) is 4. The monoisotopic (exact) mass is 450 g/mol. The summed E-state index contributed by atoms with van der Waals surface area (Å²) in [4.78, 5) is 18.3. The number of fused-ring (bicyclic) bond motifs is 1. The topological polar surface area (TPSA) is 50.6 Å². The number of piperidine rings is 1. The Bertz CT molecular complexity index is 1130. The maximum atomic E-state index is 13.4. The van der Waals surface area contributed by atoms with E-state index in [0.29, 0.717) is 11.8 Å². The largest absolute Gasteiger partial charge is 0.379 e. The second-order valence-electron chi connectivity index (χ2n) is 9.07. The van der Waals surface area contributed by atoms with Crippen molar-refractivity contribution < 1.29 is 9.13 Å². The highest BCUT2D eigenvalue weighted by molar-refractivity contribution is 5.83. The molecule has 0 unspecified atom stereocenters. The lowest BCUT2D eigenvalue weighted by Gasteiger charge is -2.34. The molecule has 6 nitrogen and oxygen atoms in total. The molecule has 2 aliphatic heterocycles. The average Bonchev–Trinajstić information content (AvgIpc) is 2.87. The van der Waals surface area contributed by atoms with Crippen molar-refractivity contribution in [3.8, 4) is 0 Å². The third kappa shape index (κ3) is 5.16. The molecule has 0 amide bonds. The number of morpholine rings is 1. The molecular formula is C26H31FN4O2. The van der Waals surface area contributed by atoms with Crippen molar-refractivity contribution in [2.24, 2.45) is 0 Å². The number of ether oxygens (including phenoxy) is 1. The number of benzene rings is 2. The predicted octanol–water partition coefficient (Wildman–Crippen LogP) is 3.10. The van der Waals surface area contributed by atoms with Gasteiger partial charge in [0.05, 0.1) is 30.3 Å². The third-order valence-electron chi connectivity index (χ3n) is 6.93. The van der Waals surface area contributed by atoms with Crippen LogP contribution in [0.4, 0.5) is 4.39 Å². The minimum absolute atomic E-state index is 0.0137. The molecule has 0 N–H and O–H groups in total. The number of halogens is 1. The van der Waals surface area contributed by atoms with E-state index in [1.54, 1.807) is 16.8 Å². The normalized spacial score (nSPS) is 18.7. The van der Waals surface area contributed by atoms with Crippen LogP contribution in [-0.4, -0.2) is 72.1 Å². The van der Waals surface area contributed by atoms with E-state index in [1.807, 2.05) is 24.3 Å². The first-order valence-electron chi connectivity index (χ1n) is 11.9. The van der Waals surface area contributed by atoms with E-state index in [4.69, 9.17) is 9.84 Å². The van der Waals surface area contributed by atoms with Gasteiger partial charge in [0.25, 0.3) is 5.56 Å². The first kappa shape index (κ1) is 22.2. The van der Waals surface area contributed by atoms with Gasteiger partial charge in [0.15, 0.2) is 0 Å². The van der Waals surface area contributed by atoms with Gasteiger partial charge < -0.3 is 9.64 Å². The number of hydrogen-bond donors (Lipinski definition) is 0. The molecule has 5 rings (SSSR count). The van der Waals surface area contributed by atoms with Crippen molar-refractivity contribution in [1.82, 2.24) is 19.6 Å². The van der Waals surface area contributed by atoms with Gasteiger partial charge in [0, 0.05) is 51.1 Å². The Morgan fingerprint density at radius 1 is 0.879 bits per heavy atom. The highest BCUT2D eigenvalue weighted by Crippen LogP contribution is 2.23. The van der Waals surface area contributed by atoms with Gasteiger partial charge in [-0.3, -0.25) is 9.69 Å². The SMILES string of the molecule is O=c1c2ccccc2c(Cc2ccc(F)cc2)nn1C1CCN(CCN2CCOCC2)CC1. The van der Waals surface area contributed by atoms with E-state index in [2.05, 4.69) is 9.80 Å². The molecule has 0 radical (unpaired) electrons. The lowest BCUT2D eigenvalue weighted by molar-refractivity contribution is 0.0314. The highest BCUT2D eigenvalue weighted by atomic mass is 19.1. The molecule has 1 aromatic heterocycles. The van der Waals surface area contributed by atoms with Crippen molar-refractivity contribution in [2.45, 2.75) is 25.3 Å². The van der Waals surface area contributed by atoms with Crippen LogP contribution >= 0.6 is 0 Å². The molecule has 0 saturated carbocycles. The van der Waals surface area contributed by atoms with E-state index >= 15 is 0 Å². The summed E-state index contributed by atoms with van der Waals surface area (Å²) in [6.45, 7) is 7.78. The number of rotatable bonds is 6. The third-order valence-corrected chi connectivity index (χ3v) is 6.93. The van der Waals surface area contributed by atoms with Crippen molar-refractivity contribution >= 4 is 10.8 Å². The molecular weight excluding hydrogens is 419 g/mol. The quantitative estimate of drug-likeness (QED) is 0.578. The van der Waals surface area contributed by atoms with Crippen molar-refractivity contribution in [2.75, 3.05) is 52.5 Å². The Balaban J connectivity index is 1.32. The van der Waals surface area contributed by atoms with Crippen molar-refractivity contribution in [3.63, 3.8) is 0 Å². The summed E-state index contributed by atoms with van der Waals surface area (Å²) in [6.07, 6.45) is 2.41. The zero-order chi connectivity index (χ0) is 22.6. The smallest absolute Gasteiger partial charge is 0.274 e. The average molecular weight is 451 g/mol. The fraction of sp³-hybridized carbons (Fsp3) is 0.462. The molecule has 0 aliphatic carbocycles. The van der Waals surface area contributed by atoms with Gasteiger partial charge >= 0.3 is 0 Å². The van der Waals surface area contributed by atoms with Gasteiger partial charge in [0.2, 0.25) is 0 Å². The van der Waals surface area contributed by atoms with E-state index in [1.165, 1.54) is 12.1 Å². The molecule has 2 aliphatic rings. The Morgan fingerprint density at radius 3 is 2.21 bits per heavy atom. The van der Waals surface area contributed by atoms with Crippen LogP contribution in [0.5, 0.6) is 0 Å². The predicted molar refractivity (Wildman–Crippen MR) is 127 cm³/mol. The Kier molecular flexibility index (Phi) is 6.80. The summed E-state index contributed by atoms with van der Waals surface area (Å²) in [7, 11) is 0. The Labute approximate surface area is 193 Å². The van der Waals surface area contributed by atoms with Crippen LogP contribution < -0.4 is 5.56 Å². The summed E-state index contributed by atoms with van der Waals surface area (Å²) < 4.78 is 20.5. The van der Waals surface area contributed by atoms with E-state index < -0.39 is 0 Å². The first-order chi connectivity index (χ1) is 16.2. The van der Waals surface area contributed by atoms with Crippen molar-refractivity contribution in [1.29, 1.82) is 0 Å². The van der Waals surface area contributed by atoms with E-state index in [-0.39, 0.29) is 17.4 Å². The molecule has 3 heterocycles. The summed E-state index contributed by atoms with van der Waals surface area (Å²) in [5, 5.41) is 6.44. The van der Waals surface area contributed by atoms with Crippen LogP contribution in [0.3, 0.4) is 0 Å². The molecule has 174 valence electrons. The minimum atomic E-state index is -0.248. The number of hydrogen-bond acceptors (Lipinski definition) is 5. The van der Waals surface area contributed by atoms with Gasteiger partial charge in [-0.25, -0.2) is 9.07 Å². The number of likely N-dealkylation sites (tertiary alicyclic amines) is 1. The van der Waals surface area contributed by atoms with E-state index in [9.17, 15) is 9.18 Å². The Morgan fingerprint density at radius 2 is 1.52 bits per heavy atom. The van der Waals surface area contributed by atoms with Gasteiger partial charge in [0.1, 0.15) is 5.82 Å². The van der Waals surface area contributed by atoms with Gasteiger partial charge in [-0.2, -0.15) is 5.10 Å².